The molecule has 0 radical (unpaired) electrons. The van der Waals surface area contributed by atoms with Crippen LogP contribution in [-0.2, 0) is 0 Å². The maximum absolute atomic E-state index is 7.75. The zero-order chi connectivity index (χ0) is 10.7. The molecule has 74 valence electrons. The summed E-state index contributed by atoms with van der Waals surface area (Å²) in [4.78, 5) is 0. The van der Waals surface area contributed by atoms with Crippen LogP contribution in [0.2, 0.25) is 10.0 Å². The fourth-order valence-corrected chi connectivity index (χ4v) is 1.31. The molecule has 0 saturated carbocycles. The van der Waals surface area contributed by atoms with Gasteiger partial charge in [-0.15, -0.1) is 0 Å². The van der Waals surface area contributed by atoms with Crippen LogP contribution < -0.4 is 0 Å². The van der Waals surface area contributed by atoms with Gasteiger partial charge < -0.3 is 10.8 Å². The van der Waals surface area contributed by atoms with E-state index in [-0.39, 0.29) is 5.92 Å². The third-order valence-electron chi connectivity index (χ3n) is 1.94. The summed E-state index contributed by atoms with van der Waals surface area (Å²) in [6.45, 7) is 1.79. The Morgan fingerprint density at radius 3 is 2.50 bits per heavy atom. The van der Waals surface area contributed by atoms with Gasteiger partial charge in [0.2, 0.25) is 0 Å². The predicted octanol–water partition coefficient (Wildman–Crippen LogP) is 3.65. The Kier molecular flexibility index (Phi) is 3.67. The lowest BCUT2D eigenvalue weighted by Crippen LogP contribution is -2.11. The zero-order valence-electron chi connectivity index (χ0n) is 7.64. The lowest BCUT2D eigenvalue weighted by atomic mass is 10.00. The molecule has 0 aliphatic heterocycles. The Bertz CT molecular complexity index is 374. The van der Waals surface area contributed by atoms with Crippen molar-refractivity contribution in [2.75, 3.05) is 0 Å². The molecule has 2 nitrogen and oxygen atoms in total. The maximum Gasteiger partial charge on any atom is 0.0598 e. The van der Waals surface area contributed by atoms with Crippen molar-refractivity contribution in [2.24, 2.45) is 5.92 Å². The molecule has 0 aliphatic carbocycles. The molecule has 0 bridgehead atoms. The molecule has 0 heterocycles. The lowest BCUT2D eigenvalue weighted by Gasteiger charge is -2.08. The Morgan fingerprint density at radius 1 is 1.36 bits per heavy atom. The Hall–Kier alpha value is -0.860. The summed E-state index contributed by atoms with van der Waals surface area (Å²) in [6.07, 6.45) is 1.23. The number of hydrogen-bond donors (Lipinski definition) is 2. The summed E-state index contributed by atoms with van der Waals surface area (Å²) in [5, 5.41) is 15.7. The van der Waals surface area contributed by atoms with Crippen molar-refractivity contribution in [1.82, 2.24) is 0 Å². The molecule has 1 aromatic carbocycles. The molecule has 0 saturated heterocycles. The van der Waals surface area contributed by atoms with Gasteiger partial charge in [-0.1, -0.05) is 36.2 Å². The van der Waals surface area contributed by atoms with Gasteiger partial charge in [0.1, 0.15) is 0 Å². The molecule has 1 atom stereocenters. The molecule has 0 spiro atoms. The molecule has 4 heteroatoms. The second-order valence-corrected chi connectivity index (χ2v) is 3.81. The quantitative estimate of drug-likeness (QED) is 0.743. The van der Waals surface area contributed by atoms with Crippen molar-refractivity contribution in [1.29, 1.82) is 10.8 Å². The van der Waals surface area contributed by atoms with Gasteiger partial charge in [0.15, 0.2) is 0 Å². The van der Waals surface area contributed by atoms with Gasteiger partial charge in [-0.05, 0) is 17.7 Å². The Balaban J connectivity index is 3.02. The second-order valence-electron chi connectivity index (χ2n) is 3.00. The monoisotopic (exact) mass is 228 g/mol. The largest absolute Gasteiger partial charge is 0.312 e. The summed E-state index contributed by atoms with van der Waals surface area (Å²) >= 11 is 11.6. The van der Waals surface area contributed by atoms with E-state index in [1.54, 1.807) is 25.1 Å². The van der Waals surface area contributed by atoms with E-state index >= 15 is 0 Å². The third kappa shape index (κ3) is 2.34. The molecule has 0 aromatic heterocycles. The SMILES string of the molecule is CC(C=N)C(=N)c1ccc(Cl)c(Cl)c1. The number of benzene rings is 1. The van der Waals surface area contributed by atoms with Gasteiger partial charge >= 0.3 is 0 Å². The average molecular weight is 229 g/mol. The van der Waals surface area contributed by atoms with Crippen molar-refractivity contribution in [3.63, 3.8) is 0 Å². The first-order valence-corrected chi connectivity index (χ1v) is 4.86. The van der Waals surface area contributed by atoms with E-state index in [0.717, 1.165) is 0 Å². The van der Waals surface area contributed by atoms with Crippen molar-refractivity contribution in [2.45, 2.75) is 6.92 Å². The third-order valence-corrected chi connectivity index (χ3v) is 2.67. The fraction of sp³-hybridized carbons (Fsp3) is 0.200. The second kappa shape index (κ2) is 4.58. The van der Waals surface area contributed by atoms with Crippen molar-refractivity contribution in [3.8, 4) is 0 Å². The van der Waals surface area contributed by atoms with Gasteiger partial charge in [-0.3, -0.25) is 0 Å². The van der Waals surface area contributed by atoms with E-state index in [1.165, 1.54) is 6.21 Å². The first kappa shape index (κ1) is 11.2. The highest BCUT2D eigenvalue weighted by Crippen LogP contribution is 2.23. The van der Waals surface area contributed by atoms with Crippen LogP contribution >= 0.6 is 23.2 Å². The molecule has 0 fully saturated rings. The summed E-state index contributed by atoms with van der Waals surface area (Å²) in [5.41, 5.74) is 1.08. The summed E-state index contributed by atoms with van der Waals surface area (Å²) in [6, 6.07) is 5.03. The lowest BCUT2D eigenvalue weighted by molar-refractivity contribution is 1.06. The van der Waals surface area contributed by atoms with E-state index in [0.29, 0.717) is 21.3 Å². The average Bonchev–Trinajstić information content (AvgIpc) is 2.20. The van der Waals surface area contributed by atoms with E-state index in [4.69, 9.17) is 34.0 Å². The van der Waals surface area contributed by atoms with E-state index in [1.807, 2.05) is 0 Å². The van der Waals surface area contributed by atoms with Crippen molar-refractivity contribution < 1.29 is 0 Å². The smallest absolute Gasteiger partial charge is 0.0598 e. The molecule has 2 N–H and O–H groups in total. The summed E-state index contributed by atoms with van der Waals surface area (Å²) < 4.78 is 0. The van der Waals surface area contributed by atoms with Gasteiger partial charge in [0.25, 0.3) is 0 Å². The van der Waals surface area contributed by atoms with Crippen LogP contribution in [-0.4, -0.2) is 11.9 Å². The molecule has 1 unspecified atom stereocenters. The molecule has 14 heavy (non-hydrogen) atoms. The number of rotatable bonds is 3. The molecule has 1 rings (SSSR count). The van der Waals surface area contributed by atoms with Gasteiger partial charge in [-0.25, -0.2) is 0 Å². The van der Waals surface area contributed by atoms with Crippen LogP contribution in [0.4, 0.5) is 0 Å². The van der Waals surface area contributed by atoms with Gasteiger partial charge in [-0.2, -0.15) is 0 Å². The first-order valence-electron chi connectivity index (χ1n) is 4.10. The standard InChI is InChI=1S/C10H10Cl2N2/c1-6(5-13)10(14)7-2-3-8(11)9(12)4-7/h2-6,13-14H,1H3. The number of halogens is 2. The molecule has 1 aromatic rings. The minimum absolute atomic E-state index is 0.202. The maximum atomic E-state index is 7.75. The highest BCUT2D eigenvalue weighted by molar-refractivity contribution is 6.42. The zero-order valence-corrected chi connectivity index (χ0v) is 9.15. The normalized spacial score (nSPS) is 12.2. The van der Waals surface area contributed by atoms with Gasteiger partial charge in [0.05, 0.1) is 10.0 Å². The molecular formula is C10H10Cl2N2. The van der Waals surface area contributed by atoms with Crippen LogP contribution in [0.25, 0.3) is 0 Å². The van der Waals surface area contributed by atoms with Crippen LogP contribution in [0.5, 0.6) is 0 Å². The van der Waals surface area contributed by atoms with Crippen LogP contribution in [0.15, 0.2) is 18.2 Å². The Morgan fingerprint density at radius 2 is 2.00 bits per heavy atom. The van der Waals surface area contributed by atoms with E-state index in [9.17, 15) is 0 Å². The topological polar surface area (TPSA) is 47.7 Å². The summed E-state index contributed by atoms with van der Waals surface area (Å²) in [5.74, 6) is -0.202. The van der Waals surface area contributed by atoms with Crippen LogP contribution in [0.1, 0.15) is 12.5 Å². The first-order chi connectivity index (χ1) is 6.56. The van der Waals surface area contributed by atoms with E-state index in [2.05, 4.69) is 0 Å². The minimum Gasteiger partial charge on any atom is -0.312 e. The molecular weight excluding hydrogens is 219 g/mol. The minimum atomic E-state index is -0.202. The number of nitrogens with one attached hydrogen (secondary N) is 2. The van der Waals surface area contributed by atoms with Crippen LogP contribution in [0.3, 0.4) is 0 Å². The van der Waals surface area contributed by atoms with E-state index < -0.39 is 0 Å². The summed E-state index contributed by atoms with van der Waals surface area (Å²) in [7, 11) is 0. The predicted molar refractivity (Wildman–Crippen MR) is 61.2 cm³/mol. The Labute approximate surface area is 92.9 Å². The highest BCUT2D eigenvalue weighted by atomic mass is 35.5. The van der Waals surface area contributed by atoms with Crippen molar-refractivity contribution in [3.05, 3.63) is 33.8 Å². The van der Waals surface area contributed by atoms with Gasteiger partial charge in [0, 0.05) is 17.8 Å². The number of hydrogen-bond acceptors (Lipinski definition) is 2. The highest BCUT2D eigenvalue weighted by Gasteiger charge is 2.09. The fourth-order valence-electron chi connectivity index (χ4n) is 1.01. The van der Waals surface area contributed by atoms with Crippen molar-refractivity contribution >= 4 is 35.1 Å². The van der Waals surface area contributed by atoms with Crippen LogP contribution in [0, 0.1) is 16.7 Å². The molecule has 0 aliphatic rings. The molecule has 0 amide bonds.